The molecule has 24 heavy (non-hydrogen) atoms. The van der Waals surface area contributed by atoms with Gasteiger partial charge in [-0.2, -0.15) is 13.9 Å². The van der Waals surface area contributed by atoms with Crippen molar-refractivity contribution >= 4 is 5.97 Å². The Hall–Kier alpha value is -2.39. The van der Waals surface area contributed by atoms with Gasteiger partial charge in [-0.25, -0.2) is 13.6 Å². The normalized spacial score (nSPS) is 12.4. The van der Waals surface area contributed by atoms with Gasteiger partial charge in [-0.1, -0.05) is 5.16 Å². The number of carbonyl (C=O) groups excluding carboxylic acids is 1. The number of rotatable bonds is 7. The third kappa shape index (κ3) is 3.74. The molecule has 0 fully saturated rings. The summed E-state index contributed by atoms with van der Waals surface area (Å²) in [5.74, 6) is -9.14. The molecule has 0 spiro atoms. The summed E-state index contributed by atoms with van der Waals surface area (Å²) in [4.78, 5) is 11.7. The summed E-state index contributed by atoms with van der Waals surface area (Å²) in [6.45, 7) is 1.30. The number of alkyl halides is 4. The molecule has 10 heteroatoms. The third-order valence-corrected chi connectivity index (χ3v) is 3.24. The first-order chi connectivity index (χ1) is 11.2. The van der Waals surface area contributed by atoms with Crippen LogP contribution in [-0.4, -0.2) is 39.4 Å². The van der Waals surface area contributed by atoms with Crippen molar-refractivity contribution in [2.75, 3.05) is 6.61 Å². The van der Waals surface area contributed by atoms with Gasteiger partial charge in [0.15, 0.2) is 5.69 Å². The van der Waals surface area contributed by atoms with E-state index in [2.05, 4.69) is 14.8 Å². The number of halogens is 4. The van der Waals surface area contributed by atoms with Gasteiger partial charge >= 0.3 is 17.8 Å². The highest BCUT2D eigenvalue weighted by atomic mass is 19.3. The Labute approximate surface area is 134 Å². The van der Waals surface area contributed by atoms with Crippen LogP contribution in [-0.2, 0) is 11.3 Å². The van der Waals surface area contributed by atoms with Gasteiger partial charge in [-0.05, 0) is 6.92 Å². The van der Waals surface area contributed by atoms with Crippen LogP contribution >= 0.6 is 0 Å². The zero-order valence-electron chi connectivity index (χ0n) is 12.9. The number of hydrogen-bond acceptors (Lipinski definition) is 5. The Balaban J connectivity index is 2.29. The number of ether oxygens (including phenoxy) is 1. The van der Waals surface area contributed by atoms with Crippen molar-refractivity contribution in [1.82, 2.24) is 14.9 Å². The second kappa shape index (κ2) is 6.62. The molecule has 0 aliphatic rings. The number of carbonyl (C=O) groups is 1. The van der Waals surface area contributed by atoms with E-state index in [1.807, 2.05) is 0 Å². The molecular weight excluding hydrogens is 334 g/mol. The van der Waals surface area contributed by atoms with E-state index in [0.29, 0.717) is 0 Å². The fraction of sp³-hybridized carbons (Fsp3) is 0.500. The molecule has 6 nitrogen and oxygen atoms in total. The second-order valence-electron chi connectivity index (χ2n) is 5.09. The lowest BCUT2D eigenvalue weighted by Crippen LogP contribution is -2.38. The number of hydrogen-bond donors (Lipinski definition) is 0. The van der Waals surface area contributed by atoms with Gasteiger partial charge in [-0.15, -0.1) is 0 Å². The summed E-state index contributed by atoms with van der Waals surface area (Å²) in [5, 5.41) is 7.49. The number of aryl methyl sites for hydroxylation is 1. The molecule has 2 aromatic rings. The molecule has 0 aromatic carbocycles. The summed E-state index contributed by atoms with van der Waals surface area (Å²) in [5.41, 5.74) is 0.271. The van der Waals surface area contributed by atoms with Crippen LogP contribution in [0.15, 0.2) is 22.9 Å². The smallest absolute Gasteiger partial charge is 0.358 e. The summed E-state index contributed by atoms with van der Waals surface area (Å²) in [6.07, 6.45) is 0.0802. The highest BCUT2D eigenvalue weighted by Crippen LogP contribution is 2.37. The maximum Gasteiger partial charge on any atom is 0.358 e. The Morgan fingerprint density at radius 3 is 2.62 bits per heavy atom. The van der Waals surface area contributed by atoms with Crippen LogP contribution in [0.5, 0.6) is 0 Å². The van der Waals surface area contributed by atoms with Crippen LogP contribution in [0.25, 0.3) is 11.4 Å². The van der Waals surface area contributed by atoms with E-state index in [1.54, 1.807) is 6.92 Å². The molecule has 0 aliphatic carbocycles. The van der Waals surface area contributed by atoms with Crippen LogP contribution in [0.3, 0.4) is 0 Å². The van der Waals surface area contributed by atoms with Crippen molar-refractivity contribution in [3.05, 3.63) is 24.1 Å². The molecule has 0 N–H and O–H groups in total. The van der Waals surface area contributed by atoms with E-state index in [9.17, 15) is 22.4 Å². The van der Waals surface area contributed by atoms with Crippen molar-refractivity contribution in [2.24, 2.45) is 0 Å². The topological polar surface area (TPSA) is 70.2 Å². The van der Waals surface area contributed by atoms with Crippen molar-refractivity contribution in [2.45, 2.75) is 38.7 Å². The lowest BCUT2D eigenvalue weighted by atomic mass is 10.1. The molecule has 2 aromatic heterocycles. The van der Waals surface area contributed by atoms with E-state index in [1.165, 1.54) is 18.4 Å². The van der Waals surface area contributed by atoms with Crippen molar-refractivity contribution < 1.29 is 31.6 Å². The summed E-state index contributed by atoms with van der Waals surface area (Å²) in [6, 6.07) is 2.70. The standard InChI is InChI=1S/C14H15F4N3O3/c1-3-23-12(22)10-8-11(9-4-7-24-20-9)21(19-10)6-5-14(17,18)13(2,15)16/h4,7-8H,3,5-6H2,1-2H3. The third-order valence-electron chi connectivity index (χ3n) is 3.24. The molecule has 0 saturated carbocycles. The predicted octanol–water partition coefficient (Wildman–Crippen LogP) is 3.40. The molecule has 0 aliphatic heterocycles. The van der Waals surface area contributed by atoms with E-state index in [0.717, 1.165) is 4.68 Å². The first-order valence-corrected chi connectivity index (χ1v) is 7.07. The van der Waals surface area contributed by atoms with Crippen LogP contribution in [0.2, 0.25) is 0 Å². The van der Waals surface area contributed by atoms with Gasteiger partial charge in [0.2, 0.25) is 0 Å². The zero-order valence-corrected chi connectivity index (χ0v) is 12.9. The van der Waals surface area contributed by atoms with Crippen LogP contribution < -0.4 is 0 Å². The largest absolute Gasteiger partial charge is 0.461 e. The maximum absolute atomic E-state index is 13.5. The van der Waals surface area contributed by atoms with Gasteiger partial charge in [0.1, 0.15) is 12.0 Å². The highest BCUT2D eigenvalue weighted by Gasteiger charge is 2.51. The molecule has 0 saturated heterocycles. The average molecular weight is 349 g/mol. The fourth-order valence-electron chi connectivity index (χ4n) is 1.91. The molecule has 132 valence electrons. The number of esters is 1. The number of aromatic nitrogens is 3. The second-order valence-corrected chi connectivity index (χ2v) is 5.09. The van der Waals surface area contributed by atoms with Gasteiger partial charge < -0.3 is 9.26 Å². The van der Waals surface area contributed by atoms with Crippen LogP contribution in [0, 0.1) is 0 Å². The predicted molar refractivity (Wildman–Crippen MR) is 73.9 cm³/mol. The number of nitrogens with zero attached hydrogens (tertiary/aromatic N) is 3. The van der Waals surface area contributed by atoms with Gasteiger partial charge in [0.05, 0.1) is 12.3 Å². The van der Waals surface area contributed by atoms with Gasteiger partial charge in [-0.3, -0.25) is 4.68 Å². The Morgan fingerprint density at radius 1 is 1.38 bits per heavy atom. The zero-order chi connectivity index (χ0) is 18.0. The summed E-state index contributed by atoms with van der Waals surface area (Å²) >= 11 is 0. The van der Waals surface area contributed by atoms with E-state index in [4.69, 9.17) is 4.74 Å². The summed E-state index contributed by atoms with van der Waals surface area (Å²) < 4.78 is 63.2. The minimum absolute atomic E-state index is 0.102. The van der Waals surface area contributed by atoms with Crippen molar-refractivity contribution in [3.8, 4) is 11.4 Å². The van der Waals surface area contributed by atoms with Crippen LogP contribution in [0.4, 0.5) is 17.6 Å². The minimum atomic E-state index is -4.22. The average Bonchev–Trinajstić information content (AvgIpc) is 3.13. The van der Waals surface area contributed by atoms with Crippen LogP contribution in [0.1, 0.15) is 30.8 Å². The quantitative estimate of drug-likeness (QED) is 0.566. The Kier molecular flexibility index (Phi) is 4.95. The van der Waals surface area contributed by atoms with E-state index in [-0.39, 0.29) is 30.6 Å². The lowest BCUT2D eigenvalue weighted by molar-refractivity contribution is -0.202. The molecule has 0 unspecified atom stereocenters. The van der Waals surface area contributed by atoms with Crippen molar-refractivity contribution in [3.63, 3.8) is 0 Å². The summed E-state index contributed by atoms with van der Waals surface area (Å²) in [7, 11) is 0. The Morgan fingerprint density at radius 2 is 2.08 bits per heavy atom. The molecule has 2 rings (SSSR count). The monoisotopic (exact) mass is 349 g/mol. The fourth-order valence-corrected chi connectivity index (χ4v) is 1.91. The van der Waals surface area contributed by atoms with Gasteiger partial charge in [0, 0.05) is 32.0 Å². The first-order valence-electron chi connectivity index (χ1n) is 7.07. The molecule has 0 radical (unpaired) electrons. The van der Waals surface area contributed by atoms with E-state index < -0.39 is 30.8 Å². The molecular formula is C14H15F4N3O3. The maximum atomic E-state index is 13.5. The van der Waals surface area contributed by atoms with Crippen molar-refractivity contribution in [1.29, 1.82) is 0 Å². The minimum Gasteiger partial charge on any atom is -0.461 e. The Bertz CT molecular complexity index is 693. The molecule has 2 heterocycles. The van der Waals surface area contributed by atoms with E-state index >= 15 is 0 Å². The molecule has 0 atom stereocenters. The lowest BCUT2D eigenvalue weighted by Gasteiger charge is -2.23. The molecule has 0 bridgehead atoms. The highest BCUT2D eigenvalue weighted by molar-refractivity contribution is 5.88. The molecule has 0 amide bonds. The SMILES string of the molecule is CCOC(=O)c1cc(-c2ccon2)n(CCC(F)(F)C(C)(F)F)n1. The first kappa shape index (κ1) is 18.0. The van der Waals surface area contributed by atoms with Gasteiger partial charge in [0.25, 0.3) is 0 Å².